The van der Waals surface area contributed by atoms with Gasteiger partial charge in [-0.05, 0) is 37.5 Å². The number of carbonyl (C=O) groups is 2. The second-order valence-electron chi connectivity index (χ2n) is 8.74. The highest BCUT2D eigenvalue weighted by Gasteiger charge is 2.38. The lowest BCUT2D eigenvalue weighted by molar-refractivity contribution is -0.157. The topological polar surface area (TPSA) is 81.4 Å². The van der Waals surface area contributed by atoms with Crippen LogP contribution in [0.3, 0.4) is 0 Å². The lowest BCUT2D eigenvalue weighted by Crippen LogP contribution is -2.50. The van der Waals surface area contributed by atoms with Crippen molar-refractivity contribution in [3.63, 3.8) is 0 Å². The van der Waals surface area contributed by atoms with Gasteiger partial charge in [-0.15, -0.1) is 0 Å². The van der Waals surface area contributed by atoms with Crippen LogP contribution in [-0.2, 0) is 19.9 Å². The Hall–Kier alpha value is -3.44. The molecule has 32 heavy (non-hydrogen) atoms. The number of nitrogens with one attached hydrogen (secondary N) is 1. The number of amides is 1. The van der Waals surface area contributed by atoms with Gasteiger partial charge in [0.2, 0.25) is 5.91 Å². The molecule has 0 aromatic heterocycles. The molecule has 1 atom stereocenters. The maximum atomic E-state index is 13.3. The van der Waals surface area contributed by atoms with Crippen molar-refractivity contribution in [3.8, 4) is 0 Å². The highest BCUT2D eigenvalue weighted by molar-refractivity contribution is 5.86. The van der Waals surface area contributed by atoms with Gasteiger partial charge in [-0.1, -0.05) is 91.0 Å². The molecule has 0 radical (unpaired) electrons. The van der Waals surface area contributed by atoms with Crippen LogP contribution in [-0.4, -0.2) is 23.5 Å². The van der Waals surface area contributed by atoms with Gasteiger partial charge in [0.1, 0.15) is 17.2 Å². The number of hydrogen-bond acceptors (Lipinski definition) is 4. The minimum Gasteiger partial charge on any atom is -0.459 e. The summed E-state index contributed by atoms with van der Waals surface area (Å²) in [5.74, 6) is -0.947. The molecule has 3 rings (SSSR count). The van der Waals surface area contributed by atoms with Crippen molar-refractivity contribution in [1.29, 1.82) is 0 Å². The normalized spacial score (nSPS) is 12.6. The summed E-state index contributed by atoms with van der Waals surface area (Å²) in [6.45, 7) is 5.30. The van der Waals surface area contributed by atoms with E-state index < -0.39 is 23.2 Å². The summed E-state index contributed by atoms with van der Waals surface area (Å²) in [6, 6.07) is 28.3. The molecule has 5 nitrogen and oxygen atoms in total. The van der Waals surface area contributed by atoms with E-state index in [4.69, 9.17) is 10.5 Å². The van der Waals surface area contributed by atoms with Gasteiger partial charge >= 0.3 is 5.97 Å². The third-order valence-corrected chi connectivity index (χ3v) is 5.06. The number of ether oxygens (including phenoxy) is 1. The summed E-state index contributed by atoms with van der Waals surface area (Å²) in [5.41, 5.74) is 7.10. The molecular formula is C27H30N2O3. The van der Waals surface area contributed by atoms with E-state index in [-0.39, 0.29) is 12.3 Å². The van der Waals surface area contributed by atoms with Gasteiger partial charge in [0, 0.05) is 0 Å². The summed E-state index contributed by atoms with van der Waals surface area (Å²) in [6.07, 6.45) is -0.191. The van der Waals surface area contributed by atoms with Crippen molar-refractivity contribution < 1.29 is 14.3 Å². The molecule has 3 aromatic rings. The van der Waals surface area contributed by atoms with Gasteiger partial charge in [-0.25, -0.2) is 0 Å². The summed E-state index contributed by atoms with van der Waals surface area (Å²) >= 11 is 0. The van der Waals surface area contributed by atoms with Crippen LogP contribution < -0.4 is 11.1 Å². The van der Waals surface area contributed by atoms with Gasteiger partial charge in [0.15, 0.2) is 0 Å². The Labute approximate surface area is 189 Å². The summed E-state index contributed by atoms with van der Waals surface area (Å²) in [4.78, 5) is 25.6. The smallest absolute Gasteiger partial charge is 0.323 e. The molecule has 0 bridgehead atoms. The fraction of sp³-hybridized carbons (Fsp3) is 0.259. The molecule has 166 valence electrons. The highest BCUT2D eigenvalue weighted by atomic mass is 16.6. The first-order chi connectivity index (χ1) is 15.2. The fourth-order valence-corrected chi connectivity index (χ4v) is 3.70. The first-order valence-corrected chi connectivity index (χ1v) is 10.7. The maximum absolute atomic E-state index is 13.3. The third-order valence-electron chi connectivity index (χ3n) is 5.06. The van der Waals surface area contributed by atoms with Crippen LogP contribution in [0, 0.1) is 0 Å². The van der Waals surface area contributed by atoms with Gasteiger partial charge in [0.05, 0.1) is 6.42 Å². The molecule has 3 N–H and O–H groups in total. The number of rotatable bonds is 7. The van der Waals surface area contributed by atoms with Crippen molar-refractivity contribution in [2.45, 2.75) is 44.4 Å². The average molecular weight is 431 g/mol. The summed E-state index contributed by atoms with van der Waals surface area (Å²) < 4.78 is 5.34. The largest absolute Gasteiger partial charge is 0.459 e. The van der Waals surface area contributed by atoms with Crippen LogP contribution in [0.2, 0.25) is 0 Å². The van der Waals surface area contributed by atoms with Crippen molar-refractivity contribution in [2.24, 2.45) is 5.73 Å². The minimum atomic E-state index is -1.06. The molecule has 5 heteroatoms. The van der Waals surface area contributed by atoms with Gasteiger partial charge < -0.3 is 15.8 Å². The Morgan fingerprint density at radius 2 is 1.16 bits per heavy atom. The first kappa shape index (κ1) is 23.2. The van der Waals surface area contributed by atoms with Gasteiger partial charge in [-0.2, -0.15) is 0 Å². The predicted molar refractivity (Wildman–Crippen MR) is 126 cm³/mol. The van der Waals surface area contributed by atoms with E-state index in [0.717, 1.165) is 16.7 Å². The van der Waals surface area contributed by atoms with Gasteiger partial charge in [-0.3, -0.25) is 9.59 Å². The van der Waals surface area contributed by atoms with Gasteiger partial charge in [0.25, 0.3) is 0 Å². The van der Waals surface area contributed by atoms with Crippen LogP contribution >= 0.6 is 0 Å². The molecule has 0 aliphatic carbocycles. The molecule has 0 aliphatic heterocycles. The molecule has 0 fully saturated rings. The van der Waals surface area contributed by atoms with Crippen molar-refractivity contribution >= 4 is 11.9 Å². The molecule has 0 unspecified atom stereocenters. The third kappa shape index (κ3) is 5.42. The quantitative estimate of drug-likeness (QED) is 0.436. The van der Waals surface area contributed by atoms with Crippen molar-refractivity contribution in [2.75, 3.05) is 0 Å². The van der Waals surface area contributed by atoms with E-state index in [1.807, 2.05) is 91.0 Å². The van der Waals surface area contributed by atoms with Crippen molar-refractivity contribution in [1.82, 2.24) is 5.32 Å². The molecular weight excluding hydrogens is 400 g/mol. The van der Waals surface area contributed by atoms with Crippen LogP contribution in [0.4, 0.5) is 0 Å². The van der Waals surface area contributed by atoms with E-state index in [2.05, 4.69) is 5.32 Å². The Balaban J connectivity index is 2.02. The fourth-order valence-electron chi connectivity index (χ4n) is 3.70. The number of carbonyl (C=O) groups excluding carboxylic acids is 2. The van der Waals surface area contributed by atoms with Crippen LogP contribution in [0.1, 0.15) is 43.9 Å². The second-order valence-corrected chi connectivity index (χ2v) is 8.74. The zero-order chi connectivity index (χ0) is 23.2. The Morgan fingerprint density at radius 1 is 0.781 bits per heavy atom. The summed E-state index contributed by atoms with van der Waals surface area (Å²) in [5, 5.41) is 3.20. The maximum Gasteiger partial charge on any atom is 0.323 e. The molecule has 0 heterocycles. The van der Waals surface area contributed by atoms with Crippen LogP contribution in [0.15, 0.2) is 91.0 Å². The van der Waals surface area contributed by atoms with Crippen LogP contribution in [0.25, 0.3) is 0 Å². The lowest BCUT2D eigenvalue weighted by Gasteiger charge is -2.37. The Bertz CT molecular complexity index is 932. The predicted octanol–water partition coefficient (Wildman–Crippen LogP) is 4.15. The second kappa shape index (κ2) is 9.79. The van der Waals surface area contributed by atoms with E-state index in [1.165, 1.54) is 0 Å². The zero-order valence-corrected chi connectivity index (χ0v) is 18.7. The lowest BCUT2D eigenvalue weighted by atomic mass is 9.77. The Morgan fingerprint density at radius 3 is 1.50 bits per heavy atom. The molecule has 3 aromatic carbocycles. The zero-order valence-electron chi connectivity index (χ0n) is 18.7. The molecule has 0 aliphatic rings. The molecule has 0 spiro atoms. The summed E-state index contributed by atoms with van der Waals surface area (Å²) in [7, 11) is 0. The van der Waals surface area contributed by atoms with E-state index >= 15 is 0 Å². The molecule has 1 amide bonds. The van der Waals surface area contributed by atoms with E-state index in [1.54, 1.807) is 20.8 Å². The van der Waals surface area contributed by atoms with Crippen LogP contribution in [0.5, 0.6) is 0 Å². The van der Waals surface area contributed by atoms with Crippen molar-refractivity contribution in [3.05, 3.63) is 108 Å². The minimum absolute atomic E-state index is 0.191. The first-order valence-electron chi connectivity index (χ1n) is 10.7. The SMILES string of the molecule is CC(C)(C)OC(=O)[C@@H](N)CC(=O)NC(c1ccccc1)(c1ccccc1)c1ccccc1. The average Bonchev–Trinajstić information content (AvgIpc) is 2.78. The van der Waals surface area contributed by atoms with E-state index in [0.29, 0.717) is 0 Å². The molecule has 0 saturated heterocycles. The molecule has 0 saturated carbocycles. The monoisotopic (exact) mass is 430 g/mol. The highest BCUT2D eigenvalue weighted by Crippen LogP contribution is 2.36. The number of hydrogen-bond donors (Lipinski definition) is 2. The number of esters is 1. The standard InChI is InChI=1S/C27H30N2O3/c1-26(2,3)32-25(31)23(28)19-24(30)29-27(20-13-7-4-8-14-20,21-15-9-5-10-16-21)22-17-11-6-12-18-22/h4-18,23H,19,28H2,1-3H3,(H,29,30)/t23-/m0/s1. The number of benzene rings is 3. The Kier molecular flexibility index (Phi) is 7.11. The van der Waals surface area contributed by atoms with E-state index in [9.17, 15) is 9.59 Å². The number of nitrogens with two attached hydrogens (primary N) is 1.